The Labute approximate surface area is 241 Å². The fraction of sp³-hybridized carbons (Fsp3) is 0.688. The topological polar surface area (TPSA) is 108 Å². The molecule has 1 aromatic heterocycles. The number of aliphatic hydroxyl groups excluding tert-OH is 1. The molecule has 3 saturated carbocycles. The van der Waals surface area contributed by atoms with Gasteiger partial charge in [0.25, 0.3) is 0 Å². The average Bonchev–Trinajstić information content (AvgIpc) is 3.41. The maximum atomic E-state index is 18.0. The van der Waals surface area contributed by atoms with E-state index in [2.05, 4.69) is 11.0 Å². The second kappa shape index (κ2) is 10.1. The second-order valence-corrected chi connectivity index (χ2v) is 12.9. The third-order valence-electron chi connectivity index (χ3n) is 11.1. The van der Waals surface area contributed by atoms with Crippen LogP contribution in [0.3, 0.4) is 0 Å². The van der Waals surface area contributed by atoms with Crippen LogP contribution in [0.4, 0.5) is 4.39 Å². The molecule has 5 rings (SSSR count). The van der Waals surface area contributed by atoms with E-state index in [1.54, 1.807) is 24.7 Å². The number of carbonyl (C=O) groups excluding carboxylic acids is 3. The summed E-state index contributed by atoms with van der Waals surface area (Å²) in [5, 5.41) is 16.3. The molecule has 41 heavy (non-hydrogen) atoms. The Morgan fingerprint density at radius 3 is 2.59 bits per heavy atom. The third-order valence-corrected chi connectivity index (χ3v) is 11.1. The SMILES string of the molecule is C#CCn1ncc2c1C=C1CC[C@H]3[C@@H]4C[C@H](C)[C@](OC(=O)CC)(C(=O)COC(=O)CC)[C@@]4(C)C[C@H](O)[C@]3(F)[C@@]1(C)C2. The molecule has 222 valence electrons. The summed E-state index contributed by atoms with van der Waals surface area (Å²) < 4.78 is 31.0. The maximum Gasteiger partial charge on any atom is 0.306 e. The normalized spacial score (nSPS) is 38.8. The van der Waals surface area contributed by atoms with Crippen LogP contribution in [0, 0.1) is 40.9 Å². The zero-order valence-electron chi connectivity index (χ0n) is 24.7. The zero-order valence-corrected chi connectivity index (χ0v) is 24.7. The fourth-order valence-corrected chi connectivity index (χ4v) is 9.12. The first-order valence-corrected chi connectivity index (χ1v) is 14.8. The molecular weight excluding hydrogens is 527 g/mol. The second-order valence-electron chi connectivity index (χ2n) is 12.9. The monoisotopic (exact) mass is 568 g/mol. The quantitative estimate of drug-likeness (QED) is 0.388. The molecule has 1 aromatic rings. The van der Waals surface area contributed by atoms with E-state index in [0.717, 1.165) is 16.8 Å². The van der Waals surface area contributed by atoms with Gasteiger partial charge in [0.2, 0.25) is 5.78 Å². The lowest BCUT2D eigenvalue weighted by molar-refractivity contribution is -0.234. The Hall–Kier alpha value is -2.99. The molecule has 0 radical (unpaired) electrons. The number of esters is 2. The number of ether oxygens (including phenoxy) is 2. The largest absolute Gasteiger partial charge is 0.457 e. The lowest BCUT2D eigenvalue weighted by Crippen LogP contribution is -2.70. The zero-order chi connectivity index (χ0) is 30.0. The Kier molecular flexibility index (Phi) is 7.25. The molecule has 4 aliphatic rings. The number of terminal acetylenes is 1. The van der Waals surface area contributed by atoms with Crippen LogP contribution in [0.25, 0.3) is 6.08 Å². The Morgan fingerprint density at radius 2 is 1.93 bits per heavy atom. The first kappa shape index (κ1) is 29.5. The van der Waals surface area contributed by atoms with E-state index < -0.39 is 64.4 Å². The van der Waals surface area contributed by atoms with Crippen molar-refractivity contribution in [3.05, 3.63) is 23.0 Å². The average molecular weight is 569 g/mol. The lowest BCUT2D eigenvalue weighted by atomic mass is 9.43. The van der Waals surface area contributed by atoms with Crippen molar-refractivity contribution in [1.29, 1.82) is 0 Å². The van der Waals surface area contributed by atoms with Crippen LogP contribution in [-0.4, -0.2) is 56.6 Å². The highest BCUT2D eigenvalue weighted by Crippen LogP contribution is 2.72. The number of Topliss-reactive ketones (excluding diaryl/α,β-unsaturated/α-hetero) is 1. The number of carbonyl (C=O) groups is 3. The molecule has 1 N–H and O–H groups in total. The van der Waals surface area contributed by atoms with E-state index in [1.807, 2.05) is 26.8 Å². The molecule has 1 heterocycles. The molecule has 8 nitrogen and oxygen atoms in total. The number of fused-ring (bicyclic) bond motifs is 6. The molecule has 8 atom stereocenters. The highest BCUT2D eigenvalue weighted by Gasteiger charge is 2.77. The van der Waals surface area contributed by atoms with E-state index in [9.17, 15) is 19.5 Å². The molecular formula is C32H41FN2O6. The van der Waals surface area contributed by atoms with Gasteiger partial charge in [-0.1, -0.05) is 46.1 Å². The van der Waals surface area contributed by atoms with Crippen molar-refractivity contribution in [3.8, 4) is 12.3 Å². The van der Waals surface area contributed by atoms with Gasteiger partial charge in [-0.2, -0.15) is 5.10 Å². The van der Waals surface area contributed by atoms with Gasteiger partial charge < -0.3 is 14.6 Å². The number of halogens is 1. The number of hydrogen-bond acceptors (Lipinski definition) is 7. The highest BCUT2D eigenvalue weighted by atomic mass is 19.1. The first-order chi connectivity index (χ1) is 19.3. The van der Waals surface area contributed by atoms with Gasteiger partial charge in [-0.3, -0.25) is 19.1 Å². The van der Waals surface area contributed by atoms with Crippen molar-refractivity contribution < 1.29 is 33.4 Å². The Bertz CT molecular complexity index is 1350. The van der Waals surface area contributed by atoms with Crippen LogP contribution in [-0.2, 0) is 36.8 Å². The summed E-state index contributed by atoms with van der Waals surface area (Å²) in [6.07, 6.45) is 9.88. The van der Waals surface area contributed by atoms with Crippen molar-refractivity contribution in [2.75, 3.05) is 6.61 Å². The Morgan fingerprint density at radius 1 is 1.22 bits per heavy atom. The van der Waals surface area contributed by atoms with Gasteiger partial charge in [-0.05, 0) is 49.7 Å². The summed E-state index contributed by atoms with van der Waals surface area (Å²) in [6, 6.07) is 0. The number of aliphatic hydroxyl groups is 1. The van der Waals surface area contributed by atoms with Crippen LogP contribution in [0.2, 0.25) is 0 Å². The number of aromatic nitrogens is 2. The number of ketones is 1. The van der Waals surface area contributed by atoms with Crippen molar-refractivity contribution in [3.63, 3.8) is 0 Å². The van der Waals surface area contributed by atoms with Crippen molar-refractivity contribution in [2.24, 2.45) is 28.6 Å². The standard InChI is InChI=1S/C32H41FN2O6/c1-7-12-35-24-14-21-10-11-22-23-13-19(4)32(41-28(39)9-3,26(37)18-40-27(38)8-2)30(23,6)16-25(36)31(22,33)29(21,5)15-20(24)17-34-35/h1,14,17,19,22-23,25,36H,8-13,15-16,18H2,2-6H3/t19-,22-,23-,25-,29-,30-,31-,32-/m0/s1. The predicted molar refractivity (Wildman–Crippen MR) is 149 cm³/mol. The van der Waals surface area contributed by atoms with Gasteiger partial charge in [0, 0.05) is 35.5 Å². The molecule has 3 fully saturated rings. The van der Waals surface area contributed by atoms with Crippen molar-refractivity contribution in [2.45, 2.75) is 103 Å². The van der Waals surface area contributed by atoms with E-state index in [4.69, 9.17) is 15.9 Å². The van der Waals surface area contributed by atoms with Crippen molar-refractivity contribution in [1.82, 2.24) is 9.78 Å². The third kappa shape index (κ3) is 3.89. The minimum absolute atomic E-state index is 0.0538. The van der Waals surface area contributed by atoms with Gasteiger partial charge >= 0.3 is 11.9 Å². The summed E-state index contributed by atoms with van der Waals surface area (Å²) in [7, 11) is 0. The van der Waals surface area contributed by atoms with E-state index in [0.29, 0.717) is 32.2 Å². The molecule has 0 saturated heterocycles. The van der Waals surface area contributed by atoms with E-state index >= 15 is 4.39 Å². The molecule has 0 spiro atoms. The van der Waals surface area contributed by atoms with Gasteiger partial charge in [-0.15, -0.1) is 6.42 Å². The van der Waals surface area contributed by atoms with Crippen LogP contribution >= 0.6 is 0 Å². The maximum absolute atomic E-state index is 18.0. The van der Waals surface area contributed by atoms with Crippen molar-refractivity contribution >= 4 is 23.8 Å². The van der Waals surface area contributed by atoms with E-state index in [1.165, 1.54) is 0 Å². The molecule has 0 unspecified atom stereocenters. The first-order valence-electron chi connectivity index (χ1n) is 14.8. The summed E-state index contributed by atoms with van der Waals surface area (Å²) in [6.45, 7) is 8.67. The fourth-order valence-electron chi connectivity index (χ4n) is 9.12. The number of rotatable bonds is 7. The van der Waals surface area contributed by atoms with Crippen LogP contribution in [0.1, 0.15) is 84.4 Å². The van der Waals surface area contributed by atoms with E-state index in [-0.39, 0.29) is 25.2 Å². The molecule has 0 amide bonds. The molecule has 0 aliphatic heterocycles. The van der Waals surface area contributed by atoms with Gasteiger partial charge in [0.05, 0.1) is 18.0 Å². The number of allylic oxidation sites excluding steroid dienone is 1. The minimum Gasteiger partial charge on any atom is -0.457 e. The smallest absolute Gasteiger partial charge is 0.306 e. The number of hydrogen-bond donors (Lipinski definition) is 1. The molecule has 0 aromatic carbocycles. The summed E-state index contributed by atoms with van der Waals surface area (Å²) in [5.41, 5.74) is -2.94. The summed E-state index contributed by atoms with van der Waals surface area (Å²) >= 11 is 0. The highest BCUT2D eigenvalue weighted by molar-refractivity contribution is 5.93. The minimum atomic E-state index is -1.98. The Balaban J connectivity index is 1.57. The summed E-state index contributed by atoms with van der Waals surface area (Å²) in [5.74, 6) is -0.353. The predicted octanol–water partition coefficient (Wildman–Crippen LogP) is 4.22. The summed E-state index contributed by atoms with van der Waals surface area (Å²) in [4.78, 5) is 38.7. The van der Waals surface area contributed by atoms with Gasteiger partial charge in [0.15, 0.2) is 12.2 Å². The molecule has 9 heteroatoms. The van der Waals surface area contributed by atoms with Crippen LogP contribution in [0.5, 0.6) is 0 Å². The lowest BCUT2D eigenvalue weighted by Gasteiger charge is -2.63. The van der Waals surface area contributed by atoms with Gasteiger partial charge in [0.1, 0.15) is 12.2 Å². The number of nitrogens with zero attached hydrogens (tertiary/aromatic N) is 2. The van der Waals surface area contributed by atoms with Crippen LogP contribution in [0.15, 0.2) is 11.8 Å². The number of alkyl halides is 1. The molecule has 4 aliphatic carbocycles. The molecule has 0 bridgehead atoms. The van der Waals surface area contributed by atoms with Gasteiger partial charge in [-0.25, -0.2) is 4.39 Å². The van der Waals surface area contributed by atoms with Crippen LogP contribution < -0.4 is 0 Å².